The van der Waals surface area contributed by atoms with Crippen molar-refractivity contribution in [3.8, 4) is 0 Å². The third-order valence-corrected chi connectivity index (χ3v) is 3.59. The zero-order valence-corrected chi connectivity index (χ0v) is 11.2. The van der Waals surface area contributed by atoms with Crippen molar-refractivity contribution < 1.29 is 9.18 Å². The summed E-state index contributed by atoms with van der Waals surface area (Å²) in [5.74, 6) is -0.0120. The van der Waals surface area contributed by atoms with Crippen LogP contribution in [-0.2, 0) is 11.2 Å². The smallest absolute Gasteiger partial charge is 0.140 e. The molecule has 0 fully saturated rings. The number of benzene rings is 1. The summed E-state index contributed by atoms with van der Waals surface area (Å²) < 4.78 is 13.8. The lowest BCUT2D eigenvalue weighted by atomic mass is 9.93. The van der Waals surface area contributed by atoms with E-state index in [4.69, 9.17) is 0 Å². The molecule has 0 saturated carbocycles. The monoisotopic (exact) mass is 286 g/mol. The summed E-state index contributed by atoms with van der Waals surface area (Å²) in [6, 6.07) is 4.45. The Morgan fingerprint density at radius 3 is 2.56 bits per heavy atom. The molecule has 0 N–H and O–H groups in total. The van der Waals surface area contributed by atoms with E-state index >= 15 is 0 Å². The maximum atomic E-state index is 13.0. The second kappa shape index (κ2) is 6.14. The molecule has 1 nitrogen and oxygen atoms in total. The SMILES string of the molecule is CCC(CC)C(=O)Cc1cc(F)ccc1Br. The molecule has 0 aliphatic heterocycles. The van der Waals surface area contributed by atoms with Crippen LogP contribution < -0.4 is 0 Å². The number of Topliss-reactive ketones (excluding diaryl/α,β-unsaturated/α-hetero) is 1. The molecule has 1 aromatic rings. The molecule has 16 heavy (non-hydrogen) atoms. The lowest BCUT2D eigenvalue weighted by Gasteiger charge is -2.11. The summed E-state index contributed by atoms with van der Waals surface area (Å²) in [5.41, 5.74) is 0.733. The van der Waals surface area contributed by atoms with Gasteiger partial charge in [0.05, 0.1) is 0 Å². The third-order valence-electron chi connectivity index (χ3n) is 2.81. The topological polar surface area (TPSA) is 17.1 Å². The maximum absolute atomic E-state index is 13.0. The van der Waals surface area contributed by atoms with Crippen molar-refractivity contribution in [2.45, 2.75) is 33.1 Å². The van der Waals surface area contributed by atoms with Crippen LogP contribution in [0.15, 0.2) is 22.7 Å². The standard InChI is InChI=1S/C13H16BrFO/c1-3-9(4-2)13(16)8-10-7-11(15)5-6-12(10)14/h5-7,9H,3-4,8H2,1-2H3. The highest BCUT2D eigenvalue weighted by Gasteiger charge is 2.16. The number of hydrogen-bond acceptors (Lipinski definition) is 1. The molecule has 88 valence electrons. The summed E-state index contributed by atoms with van der Waals surface area (Å²) in [6.45, 7) is 4.01. The molecule has 1 rings (SSSR count). The first-order chi connectivity index (χ1) is 7.58. The van der Waals surface area contributed by atoms with Gasteiger partial charge in [-0.25, -0.2) is 4.39 Å². The molecule has 0 aliphatic rings. The van der Waals surface area contributed by atoms with E-state index in [0.29, 0.717) is 6.42 Å². The van der Waals surface area contributed by atoms with Gasteiger partial charge >= 0.3 is 0 Å². The Hall–Kier alpha value is -0.700. The van der Waals surface area contributed by atoms with Gasteiger partial charge in [0.15, 0.2) is 0 Å². The molecule has 1 aromatic carbocycles. The highest BCUT2D eigenvalue weighted by Crippen LogP contribution is 2.21. The predicted octanol–water partition coefficient (Wildman–Crippen LogP) is 4.14. The molecule has 0 saturated heterocycles. The summed E-state index contributed by atoms with van der Waals surface area (Å²) in [4.78, 5) is 11.9. The van der Waals surface area contributed by atoms with E-state index < -0.39 is 0 Å². The van der Waals surface area contributed by atoms with E-state index in [2.05, 4.69) is 15.9 Å². The number of halogens is 2. The van der Waals surface area contributed by atoms with Gasteiger partial charge < -0.3 is 0 Å². The Morgan fingerprint density at radius 1 is 1.38 bits per heavy atom. The molecule has 3 heteroatoms. The van der Waals surface area contributed by atoms with Gasteiger partial charge in [0, 0.05) is 16.8 Å². The normalized spacial score (nSPS) is 10.8. The molecule has 0 spiro atoms. The third kappa shape index (κ3) is 3.41. The van der Waals surface area contributed by atoms with Crippen molar-refractivity contribution in [1.29, 1.82) is 0 Å². The fraction of sp³-hybridized carbons (Fsp3) is 0.462. The van der Waals surface area contributed by atoms with Gasteiger partial charge in [0.1, 0.15) is 11.6 Å². The van der Waals surface area contributed by atoms with Crippen LogP contribution >= 0.6 is 15.9 Å². The Morgan fingerprint density at radius 2 is 2.00 bits per heavy atom. The van der Waals surface area contributed by atoms with Crippen molar-refractivity contribution in [3.63, 3.8) is 0 Å². The van der Waals surface area contributed by atoms with Crippen molar-refractivity contribution in [3.05, 3.63) is 34.1 Å². The van der Waals surface area contributed by atoms with Crippen LogP contribution in [0.25, 0.3) is 0 Å². The Balaban J connectivity index is 2.80. The summed E-state index contributed by atoms with van der Waals surface area (Å²) in [6.07, 6.45) is 2.01. The zero-order chi connectivity index (χ0) is 12.1. The molecule has 0 bridgehead atoms. The minimum atomic E-state index is -0.296. The van der Waals surface area contributed by atoms with Crippen molar-refractivity contribution in [2.75, 3.05) is 0 Å². The molecule has 0 unspecified atom stereocenters. The lowest BCUT2D eigenvalue weighted by Crippen LogP contribution is -2.15. The van der Waals surface area contributed by atoms with Crippen molar-refractivity contribution in [1.82, 2.24) is 0 Å². The van der Waals surface area contributed by atoms with E-state index in [0.717, 1.165) is 22.9 Å². The molecule has 0 aliphatic carbocycles. The zero-order valence-electron chi connectivity index (χ0n) is 9.59. The van der Waals surface area contributed by atoms with Gasteiger partial charge in [-0.2, -0.15) is 0 Å². The molecular formula is C13H16BrFO. The number of carbonyl (C=O) groups excluding carboxylic acids is 1. The summed E-state index contributed by atoms with van der Waals surface area (Å²) in [7, 11) is 0. The van der Waals surface area contributed by atoms with Crippen LogP contribution in [0.1, 0.15) is 32.3 Å². The molecule has 0 atom stereocenters. The second-order valence-electron chi connectivity index (χ2n) is 3.89. The second-order valence-corrected chi connectivity index (χ2v) is 4.75. The fourth-order valence-corrected chi connectivity index (χ4v) is 2.14. The van der Waals surface area contributed by atoms with E-state index in [1.165, 1.54) is 12.1 Å². The van der Waals surface area contributed by atoms with Crippen molar-refractivity contribution in [2.24, 2.45) is 5.92 Å². The van der Waals surface area contributed by atoms with Crippen LogP contribution in [0.3, 0.4) is 0 Å². The number of rotatable bonds is 5. The van der Waals surface area contributed by atoms with Gasteiger partial charge in [0.2, 0.25) is 0 Å². The highest BCUT2D eigenvalue weighted by molar-refractivity contribution is 9.10. The van der Waals surface area contributed by atoms with Gasteiger partial charge in [-0.1, -0.05) is 29.8 Å². The Labute approximate surface area is 104 Å². The van der Waals surface area contributed by atoms with E-state index in [1.54, 1.807) is 6.07 Å². The largest absolute Gasteiger partial charge is 0.299 e. The first-order valence-corrected chi connectivity index (χ1v) is 6.34. The molecule has 0 amide bonds. The van der Waals surface area contributed by atoms with Gasteiger partial charge in [-0.15, -0.1) is 0 Å². The lowest BCUT2D eigenvalue weighted by molar-refractivity contribution is -0.122. The quantitative estimate of drug-likeness (QED) is 0.795. The minimum Gasteiger partial charge on any atom is -0.299 e. The van der Waals surface area contributed by atoms with E-state index in [1.807, 2.05) is 13.8 Å². The molecular weight excluding hydrogens is 271 g/mol. The summed E-state index contributed by atoms with van der Waals surface area (Å²) in [5, 5.41) is 0. The number of carbonyl (C=O) groups is 1. The minimum absolute atomic E-state index is 0.0927. The van der Waals surface area contributed by atoms with Crippen molar-refractivity contribution >= 4 is 21.7 Å². The average molecular weight is 287 g/mol. The van der Waals surface area contributed by atoms with E-state index in [9.17, 15) is 9.18 Å². The van der Waals surface area contributed by atoms with Crippen LogP contribution in [0.2, 0.25) is 0 Å². The number of hydrogen-bond donors (Lipinski definition) is 0. The van der Waals surface area contributed by atoms with Gasteiger partial charge in [0.25, 0.3) is 0 Å². The molecule has 0 radical (unpaired) electrons. The highest BCUT2D eigenvalue weighted by atomic mass is 79.9. The Bertz CT molecular complexity index is 372. The fourth-order valence-electron chi connectivity index (χ4n) is 1.75. The molecule has 0 heterocycles. The van der Waals surface area contributed by atoms with E-state index in [-0.39, 0.29) is 17.5 Å². The first-order valence-electron chi connectivity index (χ1n) is 5.55. The van der Waals surface area contributed by atoms with Gasteiger partial charge in [-0.05, 0) is 36.6 Å². The number of ketones is 1. The first kappa shape index (κ1) is 13.4. The van der Waals surface area contributed by atoms with Crippen LogP contribution in [0.5, 0.6) is 0 Å². The maximum Gasteiger partial charge on any atom is 0.140 e. The summed E-state index contributed by atoms with van der Waals surface area (Å²) >= 11 is 3.33. The van der Waals surface area contributed by atoms with Crippen LogP contribution in [-0.4, -0.2) is 5.78 Å². The Kier molecular flexibility index (Phi) is 5.13. The van der Waals surface area contributed by atoms with Crippen LogP contribution in [0.4, 0.5) is 4.39 Å². The van der Waals surface area contributed by atoms with Gasteiger partial charge in [-0.3, -0.25) is 4.79 Å². The predicted molar refractivity (Wildman–Crippen MR) is 66.9 cm³/mol. The van der Waals surface area contributed by atoms with Crippen LogP contribution in [0, 0.1) is 11.7 Å². The molecule has 0 aromatic heterocycles. The average Bonchev–Trinajstić information content (AvgIpc) is 2.25.